The number of aromatic nitrogens is 2. The van der Waals surface area contributed by atoms with E-state index in [0.717, 1.165) is 48.8 Å². The number of halogens is 1. The van der Waals surface area contributed by atoms with E-state index in [-0.39, 0.29) is 6.10 Å². The van der Waals surface area contributed by atoms with Crippen LogP contribution in [-0.4, -0.2) is 29.3 Å². The van der Waals surface area contributed by atoms with Gasteiger partial charge in [-0.3, -0.25) is 9.97 Å². The van der Waals surface area contributed by atoms with Crippen LogP contribution in [0, 0.1) is 6.92 Å². The van der Waals surface area contributed by atoms with Crippen molar-refractivity contribution < 1.29 is 9.47 Å². The van der Waals surface area contributed by atoms with Gasteiger partial charge < -0.3 is 9.47 Å². The molecule has 110 valence electrons. The highest BCUT2D eigenvalue weighted by Gasteiger charge is 2.18. The molecular formula is C16H17ClN2O2. The predicted octanol–water partition coefficient (Wildman–Crippen LogP) is 3.66. The summed E-state index contributed by atoms with van der Waals surface area (Å²) in [7, 11) is 0. The quantitative estimate of drug-likeness (QED) is 0.868. The van der Waals surface area contributed by atoms with Crippen molar-refractivity contribution in [2.45, 2.75) is 25.9 Å². The summed E-state index contributed by atoms with van der Waals surface area (Å²) in [6.07, 6.45) is 5.46. The van der Waals surface area contributed by atoms with Crippen LogP contribution in [0.15, 0.2) is 30.6 Å². The Kier molecular flexibility index (Phi) is 4.36. The normalized spacial score (nSPS) is 15.9. The van der Waals surface area contributed by atoms with Gasteiger partial charge in [-0.15, -0.1) is 0 Å². The summed E-state index contributed by atoms with van der Waals surface area (Å²) >= 11 is 6.11. The molecule has 1 aromatic heterocycles. The number of hydrogen-bond acceptors (Lipinski definition) is 4. The average molecular weight is 305 g/mol. The van der Waals surface area contributed by atoms with Gasteiger partial charge in [0, 0.05) is 29.6 Å². The zero-order valence-electron chi connectivity index (χ0n) is 11.9. The second-order valence-corrected chi connectivity index (χ2v) is 5.55. The molecule has 0 atom stereocenters. The van der Waals surface area contributed by atoms with Crippen molar-refractivity contribution >= 4 is 11.6 Å². The van der Waals surface area contributed by atoms with Crippen LogP contribution in [0.3, 0.4) is 0 Å². The fraction of sp³-hybridized carbons (Fsp3) is 0.375. The molecule has 5 heteroatoms. The van der Waals surface area contributed by atoms with Gasteiger partial charge in [-0.25, -0.2) is 0 Å². The van der Waals surface area contributed by atoms with Gasteiger partial charge in [0.1, 0.15) is 11.9 Å². The molecule has 2 aromatic rings. The zero-order chi connectivity index (χ0) is 14.7. The minimum Gasteiger partial charge on any atom is -0.489 e. The molecule has 0 radical (unpaired) electrons. The maximum absolute atomic E-state index is 6.12. The van der Waals surface area contributed by atoms with Crippen molar-refractivity contribution in [3.63, 3.8) is 0 Å². The smallest absolute Gasteiger partial charge is 0.130 e. The number of aryl methyl sites for hydroxylation is 1. The first-order valence-corrected chi connectivity index (χ1v) is 7.43. The summed E-state index contributed by atoms with van der Waals surface area (Å²) in [5.41, 5.74) is 2.59. The molecule has 2 heterocycles. The summed E-state index contributed by atoms with van der Waals surface area (Å²) < 4.78 is 11.5. The molecule has 1 aromatic carbocycles. The fourth-order valence-electron chi connectivity index (χ4n) is 2.31. The molecule has 3 rings (SSSR count). The lowest BCUT2D eigenvalue weighted by Crippen LogP contribution is -2.26. The van der Waals surface area contributed by atoms with E-state index in [2.05, 4.69) is 9.97 Å². The average Bonchev–Trinajstić information content (AvgIpc) is 2.50. The standard InChI is InChI=1S/C16H17ClN2O2/c1-11-9-19-15(10-18-11)14-3-2-12(17)8-16(14)21-13-4-6-20-7-5-13/h2-3,8-10,13H,4-7H2,1H3. The van der Waals surface area contributed by atoms with Crippen molar-refractivity contribution in [2.75, 3.05) is 13.2 Å². The van der Waals surface area contributed by atoms with E-state index in [1.54, 1.807) is 12.4 Å². The molecule has 4 nitrogen and oxygen atoms in total. The Bertz CT molecular complexity index is 610. The Hall–Kier alpha value is -1.65. The van der Waals surface area contributed by atoms with Gasteiger partial charge in [0.25, 0.3) is 0 Å². The van der Waals surface area contributed by atoms with Gasteiger partial charge >= 0.3 is 0 Å². The predicted molar refractivity (Wildman–Crippen MR) is 81.7 cm³/mol. The monoisotopic (exact) mass is 304 g/mol. The molecule has 0 aliphatic carbocycles. The van der Waals surface area contributed by atoms with Crippen LogP contribution < -0.4 is 4.74 Å². The number of ether oxygens (including phenoxy) is 2. The molecule has 1 saturated heterocycles. The fourth-order valence-corrected chi connectivity index (χ4v) is 2.47. The van der Waals surface area contributed by atoms with E-state index in [1.165, 1.54) is 0 Å². The van der Waals surface area contributed by atoms with Crippen molar-refractivity contribution in [2.24, 2.45) is 0 Å². The number of hydrogen-bond donors (Lipinski definition) is 0. The van der Waals surface area contributed by atoms with Crippen LogP contribution in [-0.2, 0) is 4.74 Å². The van der Waals surface area contributed by atoms with Crippen molar-refractivity contribution in [3.8, 4) is 17.0 Å². The highest BCUT2D eigenvalue weighted by molar-refractivity contribution is 6.30. The van der Waals surface area contributed by atoms with E-state index >= 15 is 0 Å². The highest BCUT2D eigenvalue weighted by Crippen LogP contribution is 2.32. The Balaban J connectivity index is 1.90. The molecule has 1 aliphatic heterocycles. The SMILES string of the molecule is Cc1cnc(-c2ccc(Cl)cc2OC2CCOCC2)cn1. The second-order valence-electron chi connectivity index (χ2n) is 5.11. The van der Waals surface area contributed by atoms with Gasteiger partial charge in [0.15, 0.2) is 0 Å². The Morgan fingerprint density at radius 2 is 2.00 bits per heavy atom. The van der Waals surface area contributed by atoms with E-state index in [0.29, 0.717) is 5.02 Å². The van der Waals surface area contributed by atoms with Crippen LogP contribution in [0.2, 0.25) is 5.02 Å². The lowest BCUT2D eigenvalue weighted by atomic mass is 10.1. The van der Waals surface area contributed by atoms with Crippen LogP contribution in [0.4, 0.5) is 0 Å². The van der Waals surface area contributed by atoms with E-state index in [4.69, 9.17) is 21.1 Å². The molecule has 0 spiro atoms. The van der Waals surface area contributed by atoms with Crippen molar-refractivity contribution in [1.82, 2.24) is 9.97 Å². The number of nitrogens with zero attached hydrogens (tertiary/aromatic N) is 2. The van der Waals surface area contributed by atoms with E-state index in [1.807, 2.05) is 25.1 Å². The molecule has 1 aliphatic rings. The summed E-state index contributed by atoms with van der Waals surface area (Å²) in [6, 6.07) is 5.61. The lowest BCUT2D eigenvalue weighted by molar-refractivity contribution is 0.0258. The molecule has 0 unspecified atom stereocenters. The summed E-state index contributed by atoms with van der Waals surface area (Å²) in [5.74, 6) is 0.757. The minimum atomic E-state index is 0.161. The summed E-state index contributed by atoms with van der Waals surface area (Å²) in [4.78, 5) is 8.72. The van der Waals surface area contributed by atoms with E-state index in [9.17, 15) is 0 Å². The number of rotatable bonds is 3. The van der Waals surface area contributed by atoms with Gasteiger partial charge in [-0.2, -0.15) is 0 Å². The van der Waals surface area contributed by atoms with Crippen LogP contribution in [0.25, 0.3) is 11.3 Å². The van der Waals surface area contributed by atoms with Crippen molar-refractivity contribution in [1.29, 1.82) is 0 Å². The van der Waals surface area contributed by atoms with Gasteiger partial charge in [-0.1, -0.05) is 11.6 Å². The topological polar surface area (TPSA) is 44.2 Å². The maximum Gasteiger partial charge on any atom is 0.130 e. The third-order valence-electron chi connectivity index (χ3n) is 3.46. The molecule has 1 fully saturated rings. The first-order chi connectivity index (χ1) is 10.2. The van der Waals surface area contributed by atoms with Crippen LogP contribution in [0.1, 0.15) is 18.5 Å². The Labute approximate surface area is 129 Å². The van der Waals surface area contributed by atoms with Crippen LogP contribution in [0.5, 0.6) is 5.75 Å². The first-order valence-electron chi connectivity index (χ1n) is 7.05. The molecular weight excluding hydrogens is 288 g/mol. The highest BCUT2D eigenvalue weighted by atomic mass is 35.5. The van der Waals surface area contributed by atoms with Gasteiger partial charge in [0.05, 0.1) is 30.8 Å². The maximum atomic E-state index is 6.12. The Morgan fingerprint density at radius 1 is 1.19 bits per heavy atom. The second kappa shape index (κ2) is 6.41. The Morgan fingerprint density at radius 3 is 2.71 bits per heavy atom. The van der Waals surface area contributed by atoms with Crippen LogP contribution >= 0.6 is 11.6 Å². The van der Waals surface area contributed by atoms with Crippen molar-refractivity contribution in [3.05, 3.63) is 41.3 Å². The zero-order valence-corrected chi connectivity index (χ0v) is 12.6. The largest absolute Gasteiger partial charge is 0.489 e. The molecule has 0 N–H and O–H groups in total. The third-order valence-corrected chi connectivity index (χ3v) is 3.70. The van der Waals surface area contributed by atoms with E-state index < -0.39 is 0 Å². The minimum absolute atomic E-state index is 0.161. The molecule has 21 heavy (non-hydrogen) atoms. The number of benzene rings is 1. The summed E-state index contributed by atoms with van der Waals surface area (Å²) in [6.45, 7) is 3.40. The molecule has 0 saturated carbocycles. The van der Waals surface area contributed by atoms with Gasteiger partial charge in [0.2, 0.25) is 0 Å². The molecule has 0 amide bonds. The first kappa shape index (κ1) is 14.3. The lowest BCUT2D eigenvalue weighted by Gasteiger charge is -2.24. The summed E-state index contributed by atoms with van der Waals surface area (Å²) in [5, 5.41) is 0.654. The van der Waals surface area contributed by atoms with Gasteiger partial charge in [-0.05, 0) is 25.1 Å². The molecule has 0 bridgehead atoms. The third kappa shape index (κ3) is 3.52.